The lowest BCUT2D eigenvalue weighted by atomic mass is 9.66. The van der Waals surface area contributed by atoms with Crippen LogP contribution >= 0.6 is 11.6 Å². The van der Waals surface area contributed by atoms with E-state index in [1.54, 1.807) is 6.92 Å². The van der Waals surface area contributed by atoms with Crippen LogP contribution in [0.5, 0.6) is 0 Å². The highest BCUT2D eigenvalue weighted by Gasteiger charge is 2.60. The van der Waals surface area contributed by atoms with E-state index in [1.807, 2.05) is 0 Å². The highest BCUT2D eigenvalue weighted by molar-refractivity contribution is 6.31. The Morgan fingerprint density at radius 1 is 1.08 bits per heavy atom. The van der Waals surface area contributed by atoms with Gasteiger partial charge in [0.15, 0.2) is 0 Å². The van der Waals surface area contributed by atoms with Gasteiger partial charge in [-0.25, -0.2) is 5.43 Å². The highest BCUT2D eigenvalue weighted by Crippen LogP contribution is 2.48. The molecule has 2 aromatic rings. The topological polar surface area (TPSA) is 79.5 Å². The number of rotatable bonds is 6. The summed E-state index contributed by atoms with van der Waals surface area (Å²) in [6.07, 6.45) is -9.94. The van der Waals surface area contributed by atoms with Crippen molar-refractivity contribution < 1.29 is 40.7 Å². The minimum absolute atomic E-state index is 0.00526. The molecule has 13 heteroatoms. The first-order valence-electron chi connectivity index (χ1n) is 10.7. The number of anilines is 1. The molecular weight excluding hydrogens is 516 g/mol. The van der Waals surface area contributed by atoms with E-state index in [1.165, 1.54) is 13.0 Å². The molecule has 0 aromatic heterocycles. The zero-order chi connectivity index (χ0) is 26.9. The summed E-state index contributed by atoms with van der Waals surface area (Å²) in [5, 5.41) is 1.71. The normalized spacial score (nSPS) is 22.4. The molecule has 3 rings (SSSR count). The van der Waals surface area contributed by atoms with Crippen LogP contribution in [0, 0.1) is 5.41 Å². The van der Waals surface area contributed by atoms with Crippen molar-refractivity contribution in [2.24, 2.45) is 5.41 Å². The molecule has 36 heavy (non-hydrogen) atoms. The molecule has 2 atom stereocenters. The molecular formula is C23H22ClF6N3O3. The maximum atomic E-state index is 13.3. The molecule has 1 saturated heterocycles. The van der Waals surface area contributed by atoms with E-state index >= 15 is 0 Å². The second-order valence-electron chi connectivity index (χ2n) is 8.43. The van der Waals surface area contributed by atoms with Gasteiger partial charge in [-0.15, -0.1) is 0 Å². The van der Waals surface area contributed by atoms with E-state index in [9.17, 15) is 35.9 Å². The quantitative estimate of drug-likeness (QED) is 0.345. The largest absolute Gasteiger partial charge is 0.465 e. The number of hydrogen-bond donors (Lipinski definition) is 3. The SMILES string of the molecule is CCOC(=O)C1(C)CNNC1(CC(=O)Nc1cccc(C(F)(F)F)c1)c1ccc(C(F)(F)F)c(Cl)c1. The average molecular weight is 538 g/mol. The number of halogens is 7. The third-order valence-corrected chi connectivity index (χ3v) is 6.39. The lowest BCUT2D eigenvalue weighted by Gasteiger charge is -2.40. The minimum atomic E-state index is -4.74. The van der Waals surface area contributed by atoms with Crippen molar-refractivity contribution in [3.05, 3.63) is 64.2 Å². The Kier molecular flexibility index (Phi) is 7.64. The molecule has 1 heterocycles. The third kappa shape index (κ3) is 5.30. The summed E-state index contributed by atoms with van der Waals surface area (Å²) in [6.45, 7) is 2.95. The van der Waals surface area contributed by atoms with Gasteiger partial charge in [-0.1, -0.05) is 23.7 Å². The number of esters is 1. The molecule has 0 radical (unpaired) electrons. The number of benzene rings is 2. The zero-order valence-corrected chi connectivity index (χ0v) is 19.8. The molecule has 2 unspecified atom stereocenters. The minimum Gasteiger partial charge on any atom is -0.465 e. The summed E-state index contributed by atoms with van der Waals surface area (Å²) >= 11 is 5.92. The summed E-state index contributed by atoms with van der Waals surface area (Å²) in [6, 6.07) is 6.76. The van der Waals surface area contributed by atoms with Crippen molar-refractivity contribution in [1.82, 2.24) is 10.9 Å². The first-order valence-corrected chi connectivity index (χ1v) is 11.0. The zero-order valence-electron chi connectivity index (χ0n) is 19.0. The van der Waals surface area contributed by atoms with Gasteiger partial charge in [0, 0.05) is 12.2 Å². The molecule has 0 aliphatic carbocycles. The van der Waals surface area contributed by atoms with Crippen LogP contribution in [-0.4, -0.2) is 25.0 Å². The van der Waals surface area contributed by atoms with Crippen LogP contribution in [0.1, 0.15) is 37.0 Å². The monoisotopic (exact) mass is 537 g/mol. The van der Waals surface area contributed by atoms with E-state index in [0.29, 0.717) is 0 Å². The second kappa shape index (κ2) is 9.91. The predicted octanol–water partition coefficient (Wildman–Crippen LogP) is 5.28. The van der Waals surface area contributed by atoms with Crippen LogP contribution < -0.4 is 16.2 Å². The molecule has 0 bridgehead atoms. The molecule has 0 spiro atoms. The van der Waals surface area contributed by atoms with E-state index in [0.717, 1.165) is 36.4 Å². The molecule has 1 aliphatic heterocycles. The molecule has 3 N–H and O–H groups in total. The Morgan fingerprint density at radius 2 is 1.78 bits per heavy atom. The predicted molar refractivity (Wildman–Crippen MR) is 119 cm³/mol. The summed E-state index contributed by atoms with van der Waals surface area (Å²) in [5.41, 5.74) is 0.218. The van der Waals surface area contributed by atoms with Crippen molar-refractivity contribution in [2.75, 3.05) is 18.5 Å². The summed E-state index contributed by atoms with van der Waals surface area (Å²) in [5.74, 6) is -1.55. The Hall–Kier alpha value is -2.83. The molecule has 1 fully saturated rings. The van der Waals surface area contributed by atoms with Crippen molar-refractivity contribution >= 4 is 29.2 Å². The molecule has 6 nitrogen and oxygen atoms in total. The Morgan fingerprint density at radius 3 is 2.36 bits per heavy atom. The van der Waals surface area contributed by atoms with Crippen molar-refractivity contribution in [1.29, 1.82) is 0 Å². The number of hydrogen-bond acceptors (Lipinski definition) is 5. The fraction of sp³-hybridized carbons (Fsp3) is 0.391. The maximum absolute atomic E-state index is 13.3. The fourth-order valence-corrected chi connectivity index (χ4v) is 4.45. The van der Waals surface area contributed by atoms with Crippen LogP contribution in [0.2, 0.25) is 5.02 Å². The molecule has 1 aliphatic rings. The van der Waals surface area contributed by atoms with E-state index < -0.39 is 57.8 Å². The van der Waals surface area contributed by atoms with E-state index in [-0.39, 0.29) is 24.4 Å². The fourth-order valence-electron chi connectivity index (χ4n) is 4.16. The van der Waals surface area contributed by atoms with E-state index in [2.05, 4.69) is 16.2 Å². The summed E-state index contributed by atoms with van der Waals surface area (Å²) in [4.78, 5) is 26.1. The van der Waals surface area contributed by atoms with Crippen molar-refractivity contribution in [2.45, 2.75) is 38.2 Å². The average Bonchev–Trinajstić information content (AvgIpc) is 3.10. The number of nitrogens with one attached hydrogen (secondary N) is 3. The number of ether oxygens (including phenoxy) is 1. The first kappa shape index (κ1) is 27.8. The summed E-state index contributed by atoms with van der Waals surface area (Å²) in [7, 11) is 0. The van der Waals surface area contributed by atoms with Crippen LogP contribution in [0.25, 0.3) is 0 Å². The molecule has 0 saturated carbocycles. The smallest absolute Gasteiger partial charge is 0.417 e. The summed E-state index contributed by atoms with van der Waals surface area (Å²) < 4.78 is 84.2. The Bertz CT molecular complexity index is 1160. The Balaban J connectivity index is 2.04. The molecule has 196 valence electrons. The van der Waals surface area contributed by atoms with Gasteiger partial charge >= 0.3 is 18.3 Å². The standard InChI is InChI=1S/C23H22ClF6N3O3/c1-3-36-19(35)20(2)12-31-33-21(20,13-7-8-16(17(24)10-13)23(28,29)30)11-18(34)32-15-6-4-5-14(9-15)22(25,26)27/h4-10,31,33H,3,11-12H2,1-2H3,(H,32,34). The highest BCUT2D eigenvalue weighted by atomic mass is 35.5. The third-order valence-electron chi connectivity index (χ3n) is 6.08. The Labute approximate surface area is 207 Å². The van der Waals surface area contributed by atoms with Gasteiger partial charge < -0.3 is 10.1 Å². The van der Waals surface area contributed by atoms with Gasteiger partial charge in [-0.2, -0.15) is 26.3 Å². The maximum Gasteiger partial charge on any atom is 0.417 e. The molecule has 1 amide bonds. The second-order valence-corrected chi connectivity index (χ2v) is 8.84. The van der Waals surface area contributed by atoms with Gasteiger partial charge in [0.05, 0.1) is 34.7 Å². The van der Waals surface area contributed by atoms with Crippen LogP contribution in [-0.2, 0) is 32.2 Å². The van der Waals surface area contributed by atoms with Gasteiger partial charge in [-0.05, 0) is 49.7 Å². The number of hydrazine groups is 1. The lowest BCUT2D eigenvalue weighted by Crippen LogP contribution is -2.55. The van der Waals surface area contributed by atoms with Crippen LogP contribution in [0.3, 0.4) is 0 Å². The number of carbonyl (C=O) groups is 2. The lowest BCUT2D eigenvalue weighted by molar-refractivity contribution is -0.158. The van der Waals surface area contributed by atoms with E-state index in [4.69, 9.17) is 16.3 Å². The van der Waals surface area contributed by atoms with Gasteiger partial charge in [0.25, 0.3) is 0 Å². The van der Waals surface area contributed by atoms with Crippen LogP contribution in [0.15, 0.2) is 42.5 Å². The number of amides is 1. The van der Waals surface area contributed by atoms with Crippen LogP contribution in [0.4, 0.5) is 32.0 Å². The number of carbonyl (C=O) groups excluding carboxylic acids is 2. The van der Waals surface area contributed by atoms with Gasteiger partial charge in [-0.3, -0.25) is 15.0 Å². The van der Waals surface area contributed by atoms with Gasteiger partial charge in [0.2, 0.25) is 5.91 Å². The van der Waals surface area contributed by atoms with Crippen molar-refractivity contribution in [3.8, 4) is 0 Å². The first-order chi connectivity index (χ1) is 16.6. The molecule has 2 aromatic carbocycles. The van der Waals surface area contributed by atoms with Crippen molar-refractivity contribution in [3.63, 3.8) is 0 Å². The number of alkyl halides is 6. The van der Waals surface area contributed by atoms with Gasteiger partial charge in [0.1, 0.15) is 5.41 Å².